The highest BCUT2D eigenvalue weighted by molar-refractivity contribution is 7.53. The summed E-state index contributed by atoms with van der Waals surface area (Å²) >= 11 is 11.5. The third-order valence-corrected chi connectivity index (χ3v) is 5.19. The van der Waals surface area contributed by atoms with E-state index in [4.69, 9.17) is 27.7 Å². The lowest BCUT2D eigenvalue weighted by molar-refractivity contribution is 0.100. The van der Waals surface area contributed by atoms with Gasteiger partial charge in [-0.1, -0.05) is 0 Å². The van der Waals surface area contributed by atoms with Crippen LogP contribution in [-0.2, 0) is 9.09 Å². The number of halogens is 2. The first-order valence-corrected chi connectivity index (χ1v) is 8.13. The second-order valence-electron chi connectivity index (χ2n) is 4.87. The van der Waals surface area contributed by atoms with E-state index in [1.54, 1.807) is 23.4 Å². The summed E-state index contributed by atoms with van der Waals surface area (Å²) in [5.74, 6) is 0.782. The van der Waals surface area contributed by atoms with Crippen LogP contribution in [0.15, 0.2) is 0 Å². The van der Waals surface area contributed by atoms with Crippen molar-refractivity contribution in [2.45, 2.75) is 26.4 Å². The fourth-order valence-corrected chi connectivity index (χ4v) is 4.16. The summed E-state index contributed by atoms with van der Waals surface area (Å²) < 4.78 is 22.0. The second kappa shape index (κ2) is 7.32. The van der Waals surface area contributed by atoms with Crippen molar-refractivity contribution in [3.05, 3.63) is 0 Å². The molecule has 0 aromatic carbocycles. The van der Waals surface area contributed by atoms with Crippen molar-refractivity contribution in [3.63, 3.8) is 0 Å². The van der Waals surface area contributed by atoms with Crippen molar-refractivity contribution in [1.29, 1.82) is 0 Å². The molecule has 0 bridgehead atoms. The lowest BCUT2D eigenvalue weighted by Crippen LogP contribution is -2.35. The monoisotopic (exact) mass is 304 g/mol. The predicted octanol–water partition coefficient (Wildman–Crippen LogP) is 3.25. The highest BCUT2D eigenvalue weighted by Gasteiger charge is 2.37. The van der Waals surface area contributed by atoms with Crippen LogP contribution in [0.2, 0.25) is 0 Å². The topological polar surface area (TPSA) is 32.8 Å². The van der Waals surface area contributed by atoms with Gasteiger partial charge in [-0.25, -0.2) is 9.34 Å². The van der Waals surface area contributed by atoms with E-state index in [0.717, 1.165) is 0 Å². The normalized spacial score (nSPS) is 16.5. The third-order valence-electron chi connectivity index (χ3n) is 1.94. The maximum Gasteiger partial charge on any atom is 0.346 e. The van der Waals surface area contributed by atoms with Gasteiger partial charge < -0.3 is 4.52 Å². The molecule has 0 spiro atoms. The van der Waals surface area contributed by atoms with Crippen molar-refractivity contribution in [2.75, 3.05) is 38.9 Å². The summed E-state index contributed by atoms with van der Waals surface area (Å²) in [4.78, 5) is 0. The molecule has 0 aliphatic heterocycles. The Bertz CT molecular complexity index is 264. The zero-order chi connectivity index (χ0) is 13.7. The van der Waals surface area contributed by atoms with Crippen molar-refractivity contribution in [3.8, 4) is 0 Å². The van der Waals surface area contributed by atoms with Crippen LogP contribution in [0.3, 0.4) is 0 Å². The van der Waals surface area contributed by atoms with E-state index in [1.807, 2.05) is 20.8 Å². The van der Waals surface area contributed by atoms with Crippen molar-refractivity contribution < 1.29 is 9.09 Å². The number of alkyl halides is 2. The molecule has 0 radical (unpaired) electrons. The molecule has 104 valence electrons. The van der Waals surface area contributed by atoms with Gasteiger partial charge in [-0.2, -0.15) is 0 Å². The van der Waals surface area contributed by atoms with Gasteiger partial charge in [0.2, 0.25) is 0 Å². The molecule has 0 saturated carbocycles. The first-order valence-electron chi connectivity index (χ1n) is 5.53. The minimum absolute atomic E-state index is 0.391. The van der Waals surface area contributed by atoms with Crippen LogP contribution in [0.25, 0.3) is 0 Å². The zero-order valence-electron chi connectivity index (χ0n) is 11.2. The standard InChI is InChI=1S/C10H23Cl2N2O2P/c1-10(2,3)16-17(15,13(4)5)14(8-6-11)9-7-12/h6-9H2,1-5H3. The predicted molar refractivity (Wildman–Crippen MR) is 75.1 cm³/mol. The van der Waals surface area contributed by atoms with E-state index in [2.05, 4.69) is 0 Å². The Labute approximate surface area is 115 Å². The van der Waals surface area contributed by atoms with Gasteiger partial charge in [-0.3, -0.25) is 4.57 Å². The fourth-order valence-electron chi connectivity index (χ4n) is 1.31. The van der Waals surface area contributed by atoms with Crippen molar-refractivity contribution in [2.24, 2.45) is 0 Å². The molecule has 0 heterocycles. The summed E-state index contributed by atoms with van der Waals surface area (Å²) in [5, 5.41) is 0. The summed E-state index contributed by atoms with van der Waals surface area (Å²) in [7, 11) is 0.418. The Balaban J connectivity index is 5.07. The molecule has 0 N–H and O–H groups in total. The van der Waals surface area contributed by atoms with Crippen LogP contribution in [0.1, 0.15) is 20.8 Å². The molecule has 0 rings (SSSR count). The van der Waals surface area contributed by atoms with E-state index in [-0.39, 0.29) is 0 Å². The average molecular weight is 305 g/mol. The molecule has 0 fully saturated rings. The quantitative estimate of drug-likeness (QED) is 0.534. The van der Waals surface area contributed by atoms with Gasteiger partial charge in [0.15, 0.2) is 0 Å². The van der Waals surface area contributed by atoms with Gasteiger partial charge in [0.05, 0.1) is 5.60 Å². The van der Waals surface area contributed by atoms with Crippen molar-refractivity contribution >= 4 is 30.9 Å². The number of hydrogen-bond donors (Lipinski definition) is 0. The van der Waals surface area contributed by atoms with E-state index in [9.17, 15) is 4.57 Å². The van der Waals surface area contributed by atoms with E-state index in [0.29, 0.717) is 24.8 Å². The fraction of sp³-hybridized carbons (Fsp3) is 1.00. The second-order valence-corrected chi connectivity index (χ2v) is 8.16. The number of nitrogens with zero attached hydrogens (tertiary/aromatic N) is 2. The summed E-state index contributed by atoms with van der Waals surface area (Å²) in [6.07, 6.45) is 0. The minimum atomic E-state index is -3.06. The van der Waals surface area contributed by atoms with Crippen LogP contribution in [0.5, 0.6) is 0 Å². The lowest BCUT2D eigenvalue weighted by Gasteiger charge is -2.38. The molecule has 1 atom stereocenters. The molecule has 0 aromatic rings. The van der Waals surface area contributed by atoms with E-state index >= 15 is 0 Å². The average Bonchev–Trinajstić information content (AvgIpc) is 2.14. The van der Waals surface area contributed by atoms with Gasteiger partial charge in [0.25, 0.3) is 0 Å². The van der Waals surface area contributed by atoms with Gasteiger partial charge >= 0.3 is 7.67 Å². The SMILES string of the molecule is CN(C)P(=O)(OC(C)(C)C)N(CCCl)CCCl. The molecule has 0 aliphatic carbocycles. The highest BCUT2D eigenvalue weighted by atomic mass is 35.5. The van der Waals surface area contributed by atoms with Crippen LogP contribution < -0.4 is 0 Å². The van der Waals surface area contributed by atoms with Crippen molar-refractivity contribution in [1.82, 2.24) is 9.34 Å². The Hall–Kier alpha value is 0.690. The highest BCUT2D eigenvalue weighted by Crippen LogP contribution is 2.55. The summed E-state index contributed by atoms with van der Waals surface area (Å²) in [6.45, 7) is 6.60. The zero-order valence-corrected chi connectivity index (χ0v) is 13.6. The number of hydrogen-bond acceptors (Lipinski definition) is 2. The molecule has 7 heteroatoms. The molecule has 1 unspecified atom stereocenters. The summed E-state index contributed by atoms with van der Waals surface area (Å²) in [6, 6.07) is 0. The van der Waals surface area contributed by atoms with E-state index < -0.39 is 13.3 Å². The molecule has 0 amide bonds. The maximum absolute atomic E-state index is 12.9. The van der Waals surface area contributed by atoms with Crippen LogP contribution in [-0.4, -0.2) is 53.9 Å². The maximum atomic E-state index is 12.9. The van der Waals surface area contributed by atoms with E-state index in [1.165, 1.54) is 0 Å². The molecule has 0 saturated heterocycles. The molecular formula is C10H23Cl2N2O2P. The Kier molecular flexibility index (Phi) is 7.62. The first kappa shape index (κ1) is 17.7. The smallest absolute Gasteiger partial charge is 0.300 e. The van der Waals surface area contributed by atoms with Crippen LogP contribution in [0.4, 0.5) is 0 Å². The van der Waals surface area contributed by atoms with Gasteiger partial charge in [0, 0.05) is 24.8 Å². The Morgan fingerprint density at radius 2 is 1.53 bits per heavy atom. The molecule has 0 aromatic heterocycles. The number of rotatable bonds is 7. The van der Waals surface area contributed by atoms with Gasteiger partial charge in [-0.05, 0) is 34.9 Å². The lowest BCUT2D eigenvalue weighted by atomic mass is 10.2. The molecular weight excluding hydrogens is 282 g/mol. The molecule has 0 aliphatic rings. The largest absolute Gasteiger partial charge is 0.346 e. The first-order chi connectivity index (χ1) is 7.67. The third kappa shape index (κ3) is 5.91. The minimum Gasteiger partial charge on any atom is -0.300 e. The molecule has 4 nitrogen and oxygen atoms in total. The van der Waals surface area contributed by atoms with Gasteiger partial charge in [0.1, 0.15) is 0 Å². The Morgan fingerprint density at radius 3 is 1.76 bits per heavy atom. The molecule has 17 heavy (non-hydrogen) atoms. The van der Waals surface area contributed by atoms with Crippen LogP contribution >= 0.6 is 30.9 Å². The van der Waals surface area contributed by atoms with Gasteiger partial charge in [-0.15, -0.1) is 23.2 Å². The van der Waals surface area contributed by atoms with Crippen LogP contribution in [0, 0.1) is 0 Å². The Morgan fingerprint density at radius 1 is 1.12 bits per heavy atom. The summed E-state index contributed by atoms with van der Waals surface area (Å²) in [5.41, 5.74) is -0.489.